The molecule has 1 saturated heterocycles. The summed E-state index contributed by atoms with van der Waals surface area (Å²) in [6.07, 6.45) is 4.88. The second-order valence-corrected chi connectivity index (χ2v) is 5.07. The van der Waals surface area contributed by atoms with E-state index in [-0.39, 0.29) is 24.2 Å². The second kappa shape index (κ2) is 5.17. The molecule has 15 heavy (non-hydrogen) atoms. The summed E-state index contributed by atoms with van der Waals surface area (Å²) >= 11 is 0. The summed E-state index contributed by atoms with van der Waals surface area (Å²) in [5.74, 6) is 0.474. The molecule has 1 heterocycles. The predicted octanol–water partition coefficient (Wildman–Crippen LogP) is 1.32. The Labute approximate surface area is 97.8 Å². The highest BCUT2D eigenvalue weighted by molar-refractivity contribution is 5.85. The van der Waals surface area contributed by atoms with Gasteiger partial charge in [0.1, 0.15) is 0 Å². The van der Waals surface area contributed by atoms with Crippen molar-refractivity contribution in [1.29, 1.82) is 0 Å². The smallest absolute Gasteiger partial charge is 0.224 e. The number of hydrogen-bond acceptors (Lipinski definition) is 2. The highest BCUT2D eigenvalue weighted by atomic mass is 35.5. The van der Waals surface area contributed by atoms with E-state index in [1.165, 1.54) is 19.3 Å². The Hall–Kier alpha value is -0.280. The van der Waals surface area contributed by atoms with E-state index < -0.39 is 0 Å². The molecule has 1 saturated carbocycles. The van der Waals surface area contributed by atoms with Crippen LogP contribution >= 0.6 is 12.4 Å². The van der Waals surface area contributed by atoms with Crippen molar-refractivity contribution >= 4 is 18.3 Å². The Morgan fingerprint density at radius 2 is 2.27 bits per heavy atom. The molecule has 0 bridgehead atoms. The first-order chi connectivity index (χ1) is 6.70. The molecule has 88 valence electrons. The van der Waals surface area contributed by atoms with Crippen LogP contribution in [0.1, 0.15) is 32.6 Å². The number of carbonyl (C=O) groups is 1. The topological polar surface area (TPSA) is 41.1 Å². The van der Waals surface area contributed by atoms with E-state index in [9.17, 15) is 4.79 Å². The van der Waals surface area contributed by atoms with Crippen molar-refractivity contribution in [2.75, 3.05) is 19.6 Å². The Morgan fingerprint density at radius 3 is 2.73 bits per heavy atom. The van der Waals surface area contributed by atoms with Gasteiger partial charge in [0.2, 0.25) is 5.91 Å². The lowest BCUT2D eigenvalue weighted by molar-refractivity contribution is -0.125. The number of halogens is 1. The summed E-state index contributed by atoms with van der Waals surface area (Å²) in [7, 11) is 0. The Morgan fingerprint density at radius 1 is 1.53 bits per heavy atom. The first kappa shape index (κ1) is 12.8. The molecule has 0 spiro atoms. The summed E-state index contributed by atoms with van der Waals surface area (Å²) in [6.45, 7) is 5.00. The predicted molar refractivity (Wildman–Crippen MR) is 63.2 cm³/mol. The summed E-state index contributed by atoms with van der Waals surface area (Å²) in [5.41, 5.74) is 0.404. The van der Waals surface area contributed by atoms with Gasteiger partial charge >= 0.3 is 0 Å². The zero-order valence-corrected chi connectivity index (χ0v) is 10.2. The number of carbonyl (C=O) groups excluding carboxylic acids is 1. The largest absolute Gasteiger partial charge is 0.355 e. The highest BCUT2D eigenvalue weighted by Gasteiger charge is 2.32. The molecule has 0 radical (unpaired) electrons. The first-order valence-corrected chi connectivity index (χ1v) is 5.68. The Bertz CT molecular complexity index is 223. The number of amides is 1. The monoisotopic (exact) mass is 232 g/mol. The lowest BCUT2D eigenvalue weighted by Gasteiger charge is -2.38. The molecular weight excluding hydrogens is 212 g/mol. The van der Waals surface area contributed by atoms with Gasteiger partial charge in [0, 0.05) is 13.1 Å². The molecule has 2 fully saturated rings. The van der Waals surface area contributed by atoms with Gasteiger partial charge in [-0.15, -0.1) is 12.4 Å². The molecule has 2 rings (SSSR count). The highest BCUT2D eigenvalue weighted by Crippen LogP contribution is 2.39. The van der Waals surface area contributed by atoms with Crippen LogP contribution in [0.15, 0.2) is 0 Å². The van der Waals surface area contributed by atoms with E-state index in [0.29, 0.717) is 5.41 Å². The van der Waals surface area contributed by atoms with Crippen LogP contribution in [0.25, 0.3) is 0 Å². The Kier molecular flexibility index (Phi) is 4.41. The van der Waals surface area contributed by atoms with Gasteiger partial charge in [-0.3, -0.25) is 4.79 Å². The third-order valence-corrected chi connectivity index (χ3v) is 3.68. The van der Waals surface area contributed by atoms with Crippen LogP contribution in [0, 0.1) is 11.3 Å². The van der Waals surface area contributed by atoms with Crippen molar-refractivity contribution < 1.29 is 4.79 Å². The fourth-order valence-corrected chi connectivity index (χ4v) is 2.28. The van der Waals surface area contributed by atoms with Crippen molar-refractivity contribution in [2.45, 2.75) is 32.6 Å². The fraction of sp³-hybridized carbons (Fsp3) is 0.909. The molecule has 1 amide bonds. The minimum Gasteiger partial charge on any atom is -0.355 e. The standard InChI is InChI=1S/C11H20N2O.ClH/c1-11(4-2-5-11)8-13-10(14)9-3-6-12-7-9;/h9,12H,2-8H2,1H3,(H,13,14);1H/t9-;/m0./s1. The third-order valence-electron chi connectivity index (χ3n) is 3.68. The SMILES string of the molecule is CC1(CNC(=O)[C@H]2CCNC2)CCC1.Cl. The minimum atomic E-state index is 0. The van der Waals surface area contributed by atoms with E-state index in [2.05, 4.69) is 17.6 Å². The molecule has 0 aromatic heterocycles. The molecule has 2 aliphatic rings. The van der Waals surface area contributed by atoms with Gasteiger partial charge in [0.15, 0.2) is 0 Å². The summed E-state index contributed by atoms with van der Waals surface area (Å²) in [6, 6.07) is 0. The number of hydrogen-bond donors (Lipinski definition) is 2. The van der Waals surface area contributed by atoms with Crippen LogP contribution in [0.4, 0.5) is 0 Å². The van der Waals surface area contributed by atoms with Gasteiger partial charge in [0.05, 0.1) is 5.92 Å². The van der Waals surface area contributed by atoms with Crippen LogP contribution in [0.2, 0.25) is 0 Å². The average Bonchev–Trinajstić information content (AvgIpc) is 2.63. The summed E-state index contributed by atoms with van der Waals surface area (Å²) in [4.78, 5) is 11.7. The van der Waals surface area contributed by atoms with Crippen molar-refractivity contribution in [3.8, 4) is 0 Å². The van der Waals surface area contributed by atoms with E-state index in [1.54, 1.807) is 0 Å². The number of nitrogens with one attached hydrogen (secondary N) is 2. The van der Waals surface area contributed by atoms with Crippen molar-refractivity contribution in [3.05, 3.63) is 0 Å². The zero-order valence-electron chi connectivity index (χ0n) is 9.34. The van der Waals surface area contributed by atoms with E-state index in [4.69, 9.17) is 0 Å². The second-order valence-electron chi connectivity index (χ2n) is 5.07. The van der Waals surface area contributed by atoms with Gasteiger partial charge in [0.25, 0.3) is 0 Å². The normalized spacial score (nSPS) is 27.7. The average molecular weight is 233 g/mol. The maximum atomic E-state index is 11.7. The Balaban J connectivity index is 0.00000112. The number of rotatable bonds is 3. The van der Waals surface area contributed by atoms with E-state index >= 15 is 0 Å². The molecule has 0 aromatic carbocycles. The molecule has 0 unspecified atom stereocenters. The van der Waals surface area contributed by atoms with Crippen LogP contribution in [0.3, 0.4) is 0 Å². The quantitative estimate of drug-likeness (QED) is 0.771. The molecule has 1 aliphatic carbocycles. The summed E-state index contributed by atoms with van der Waals surface area (Å²) < 4.78 is 0. The van der Waals surface area contributed by atoms with Gasteiger partial charge in [-0.1, -0.05) is 13.3 Å². The molecule has 0 aromatic rings. The van der Waals surface area contributed by atoms with Crippen LogP contribution in [-0.2, 0) is 4.79 Å². The maximum absolute atomic E-state index is 11.7. The first-order valence-electron chi connectivity index (χ1n) is 5.68. The molecule has 1 atom stereocenters. The maximum Gasteiger partial charge on any atom is 0.224 e. The van der Waals surface area contributed by atoms with Gasteiger partial charge < -0.3 is 10.6 Å². The van der Waals surface area contributed by atoms with Gasteiger partial charge in [-0.2, -0.15) is 0 Å². The summed E-state index contributed by atoms with van der Waals surface area (Å²) in [5, 5.41) is 6.31. The lowest BCUT2D eigenvalue weighted by Crippen LogP contribution is -2.42. The lowest BCUT2D eigenvalue weighted by atomic mass is 9.70. The molecule has 3 nitrogen and oxygen atoms in total. The van der Waals surface area contributed by atoms with Crippen LogP contribution in [-0.4, -0.2) is 25.5 Å². The van der Waals surface area contributed by atoms with Crippen molar-refractivity contribution in [2.24, 2.45) is 11.3 Å². The van der Waals surface area contributed by atoms with Crippen LogP contribution < -0.4 is 10.6 Å². The molecular formula is C11H21ClN2O. The minimum absolute atomic E-state index is 0. The molecule has 4 heteroatoms. The van der Waals surface area contributed by atoms with E-state index in [1.807, 2.05) is 0 Å². The van der Waals surface area contributed by atoms with Crippen molar-refractivity contribution in [1.82, 2.24) is 10.6 Å². The van der Waals surface area contributed by atoms with Gasteiger partial charge in [-0.05, 0) is 31.2 Å². The van der Waals surface area contributed by atoms with E-state index in [0.717, 1.165) is 26.1 Å². The molecule has 2 N–H and O–H groups in total. The van der Waals surface area contributed by atoms with Crippen LogP contribution in [0.5, 0.6) is 0 Å². The van der Waals surface area contributed by atoms with Crippen molar-refractivity contribution in [3.63, 3.8) is 0 Å². The molecule has 1 aliphatic heterocycles. The van der Waals surface area contributed by atoms with Gasteiger partial charge in [-0.25, -0.2) is 0 Å². The third kappa shape index (κ3) is 3.08. The zero-order chi connectivity index (χ0) is 10.0. The fourth-order valence-electron chi connectivity index (χ4n) is 2.28.